The second kappa shape index (κ2) is 7.05. The van der Waals surface area contributed by atoms with E-state index in [0.29, 0.717) is 16.8 Å². The van der Waals surface area contributed by atoms with Crippen LogP contribution >= 0.6 is 11.3 Å². The number of imide groups is 1. The van der Waals surface area contributed by atoms with Crippen LogP contribution in [0.2, 0.25) is 0 Å². The third-order valence-electron chi connectivity index (χ3n) is 4.82. The first-order chi connectivity index (χ1) is 13.5. The minimum atomic E-state index is -0.407. The summed E-state index contributed by atoms with van der Waals surface area (Å²) in [4.78, 5) is 40.6. The lowest BCUT2D eigenvalue weighted by atomic mass is 10.0. The predicted molar refractivity (Wildman–Crippen MR) is 109 cm³/mol. The summed E-state index contributed by atoms with van der Waals surface area (Å²) in [7, 11) is 0. The van der Waals surface area contributed by atoms with Crippen LogP contribution in [0.4, 0.5) is 5.69 Å². The molecule has 0 radical (unpaired) electrons. The highest BCUT2D eigenvalue weighted by molar-refractivity contribution is 7.10. The van der Waals surface area contributed by atoms with Crippen LogP contribution in [0.1, 0.15) is 54.5 Å². The topological polar surface area (TPSA) is 66.5 Å². The monoisotopic (exact) mass is 390 g/mol. The molecule has 0 saturated carbocycles. The number of aryl methyl sites for hydroxylation is 1. The van der Waals surface area contributed by atoms with Crippen molar-refractivity contribution in [1.82, 2.24) is 5.32 Å². The summed E-state index contributed by atoms with van der Waals surface area (Å²) in [6, 6.07) is 15.6. The van der Waals surface area contributed by atoms with Gasteiger partial charge in [0.1, 0.15) is 0 Å². The number of amides is 3. The van der Waals surface area contributed by atoms with Crippen LogP contribution in [-0.4, -0.2) is 17.7 Å². The number of nitrogens with one attached hydrogen (secondary N) is 1. The molecule has 0 bridgehead atoms. The summed E-state index contributed by atoms with van der Waals surface area (Å²) < 4.78 is 0. The number of benzene rings is 2. The van der Waals surface area contributed by atoms with E-state index in [1.54, 1.807) is 35.6 Å². The molecule has 2 aromatic carbocycles. The number of nitrogens with zero attached hydrogens (tertiary/aromatic N) is 1. The maximum atomic E-state index is 12.9. The second-order valence-corrected chi connectivity index (χ2v) is 7.68. The molecule has 5 nitrogen and oxygen atoms in total. The molecule has 4 rings (SSSR count). The smallest absolute Gasteiger partial charge is 0.266 e. The Bertz CT molecular complexity index is 1090. The second-order valence-electron chi connectivity index (χ2n) is 6.70. The zero-order valence-electron chi connectivity index (χ0n) is 15.4. The van der Waals surface area contributed by atoms with Crippen molar-refractivity contribution in [2.45, 2.75) is 19.9 Å². The molecule has 1 aliphatic rings. The molecule has 1 aromatic heterocycles. The SMILES string of the molecule is Cc1ccccc1N1C(=O)c2ccc(C(=O)N[C@H](C)c3cccs3)cc2C1=O. The maximum absolute atomic E-state index is 12.9. The van der Waals surface area contributed by atoms with Gasteiger partial charge in [0.15, 0.2) is 0 Å². The fraction of sp³-hybridized carbons (Fsp3) is 0.136. The van der Waals surface area contributed by atoms with Crippen molar-refractivity contribution >= 4 is 34.7 Å². The Morgan fingerprint density at radius 2 is 1.75 bits per heavy atom. The third kappa shape index (κ3) is 3.01. The van der Waals surface area contributed by atoms with Gasteiger partial charge in [-0.3, -0.25) is 14.4 Å². The molecular weight excluding hydrogens is 372 g/mol. The van der Waals surface area contributed by atoms with Crippen molar-refractivity contribution in [2.75, 3.05) is 4.90 Å². The van der Waals surface area contributed by atoms with Crippen LogP contribution in [0.3, 0.4) is 0 Å². The molecule has 1 N–H and O–H groups in total. The number of carbonyl (C=O) groups excluding carboxylic acids is 3. The lowest BCUT2D eigenvalue weighted by molar-refractivity contribution is 0.0921. The van der Waals surface area contributed by atoms with Crippen LogP contribution < -0.4 is 10.2 Å². The van der Waals surface area contributed by atoms with Crippen molar-refractivity contribution in [3.63, 3.8) is 0 Å². The van der Waals surface area contributed by atoms with Crippen molar-refractivity contribution < 1.29 is 14.4 Å². The largest absolute Gasteiger partial charge is 0.345 e. The highest BCUT2D eigenvalue weighted by Crippen LogP contribution is 2.31. The number of rotatable bonds is 4. The minimum absolute atomic E-state index is 0.137. The molecule has 0 fully saturated rings. The molecule has 1 aliphatic heterocycles. The van der Waals surface area contributed by atoms with Crippen LogP contribution in [0, 0.1) is 6.92 Å². The van der Waals surface area contributed by atoms with E-state index in [9.17, 15) is 14.4 Å². The standard InChI is InChI=1S/C22H18N2O3S/c1-13-6-3-4-7-18(13)24-21(26)16-10-9-15(12-17(16)22(24)27)20(25)23-14(2)19-8-5-11-28-19/h3-12,14H,1-2H3,(H,23,25)/t14-/m1/s1. The molecule has 1 atom stereocenters. The molecule has 3 amide bonds. The van der Waals surface area contributed by atoms with Gasteiger partial charge in [-0.2, -0.15) is 0 Å². The Balaban J connectivity index is 1.62. The highest BCUT2D eigenvalue weighted by Gasteiger charge is 2.37. The molecule has 0 saturated heterocycles. The molecule has 3 aromatic rings. The Hall–Kier alpha value is -3.25. The number of carbonyl (C=O) groups is 3. The lowest BCUT2D eigenvalue weighted by Crippen LogP contribution is -2.30. The quantitative estimate of drug-likeness (QED) is 0.674. The molecule has 140 valence electrons. The molecule has 0 spiro atoms. The summed E-state index contributed by atoms with van der Waals surface area (Å²) >= 11 is 1.57. The summed E-state index contributed by atoms with van der Waals surface area (Å²) in [5, 5.41) is 4.89. The first-order valence-electron chi connectivity index (χ1n) is 8.90. The summed E-state index contributed by atoms with van der Waals surface area (Å²) in [6.45, 7) is 3.76. The van der Waals surface area contributed by atoms with E-state index in [-0.39, 0.29) is 23.4 Å². The van der Waals surface area contributed by atoms with Gasteiger partial charge < -0.3 is 5.32 Å². The van der Waals surface area contributed by atoms with Gasteiger partial charge in [-0.1, -0.05) is 24.3 Å². The minimum Gasteiger partial charge on any atom is -0.345 e. The highest BCUT2D eigenvalue weighted by atomic mass is 32.1. The van der Waals surface area contributed by atoms with Crippen LogP contribution in [-0.2, 0) is 0 Å². The van der Waals surface area contributed by atoms with E-state index in [1.807, 2.05) is 43.5 Å². The average molecular weight is 390 g/mol. The van der Waals surface area contributed by atoms with E-state index in [4.69, 9.17) is 0 Å². The van der Waals surface area contributed by atoms with Gasteiger partial charge in [-0.25, -0.2) is 4.90 Å². The molecule has 6 heteroatoms. The fourth-order valence-corrected chi connectivity index (χ4v) is 4.04. The van der Waals surface area contributed by atoms with Gasteiger partial charge in [-0.15, -0.1) is 11.3 Å². The first kappa shape index (κ1) is 18.1. The molecular formula is C22H18N2O3S. The van der Waals surface area contributed by atoms with Crippen molar-refractivity contribution in [3.05, 3.63) is 87.1 Å². The zero-order chi connectivity index (χ0) is 19.8. The number of hydrogen-bond donors (Lipinski definition) is 1. The van der Waals surface area contributed by atoms with E-state index in [1.165, 1.54) is 11.0 Å². The Morgan fingerprint density at radius 1 is 1.00 bits per heavy atom. The van der Waals surface area contributed by atoms with E-state index in [0.717, 1.165) is 10.4 Å². The van der Waals surface area contributed by atoms with Gasteiger partial charge in [0.25, 0.3) is 17.7 Å². The van der Waals surface area contributed by atoms with Crippen LogP contribution in [0.15, 0.2) is 60.0 Å². The number of fused-ring (bicyclic) bond motifs is 1. The van der Waals surface area contributed by atoms with Crippen LogP contribution in [0.5, 0.6) is 0 Å². The van der Waals surface area contributed by atoms with Crippen molar-refractivity contribution in [2.24, 2.45) is 0 Å². The maximum Gasteiger partial charge on any atom is 0.266 e. The third-order valence-corrected chi connectivity index (χ3v) is 5.88. The Labute approximate surface area is 166 Å². The summed E-state index contributed by atoms with van der Waals surface area (Å²) in [5.41, 5.74) is 2.32. The molecule has 28 heavy (non-hydrogen) atoms. The predicted octanol–water partition coefficient (Wildman–Crippen LogP) is 4.35. The number of anilines is 1. The van der Waals surface area contributed by atoms with E-state index < -0.39 is 5.91 Å². The average Bonchev–Trinajstić information content (AvgIpc) is 3.31. The van der Waals surface area contributed by atoms with Gasteiger partial charge in [0, 0.05) is 10.4 Å². The molecule has 2 heterocycles. The Morgan fingerprint density at radius 3 is 2.46 bits per heavy atom. The van der Waals surface area contributed by atoms with Gasteiger partial charge in [0.05, 0.1) is 22.9 Å². The van der Waals surface area contributed by atoms with Gasteiger partial charge in [-0.05, 0) is 55.1 Å². The van der Waals surface area contributed by atoms with Crippen molar-refractivity contribution in [3.8, 4) is 0 Å². The number of para-hydroxylation sites is 1. The summed E-state index contributed by atoms with van der Waals surface area (Å²) in [5.74, 6) is -1.05. The molecule has 0 aliphatic carbocycles. The van der Waals surface area contributed by atoms with Crippen molar-refractivity contribution in [1.29, 1.82) is 0 Å². The fourth-order valence-electron chi connectivity index (χ4n) is 3.30. The summed E-state index contributed by atoms with van der Waals surface area (Å²) in [6.07, 6.45) is 0. The first-order valence-corrected chi connectivity index (χ1v) is 9.78. The number of thiophene rings is 1. The number of hydrogen-bond acceptors (Lipinski definition) is 4. The molecule has 0 unspecified atom stereocenters. The zero-order valence-corrected chi connectivity index (χ0v) is 16.2. The lowest BCUT2D eigenvalue weighted by Gasteiger charge is -2.16. The van der Waals surface area contributed by atoms with Crippen LogP contribution in [0.25, 0.3) is 0 Å². The van der Waals surface area contributed by atoms with E-state index >= 15 is 0 Å². The van der Waals surface area contributed by atoms with Gasteiger partial charge in [0.2, 0.25) is 0 Å². The Kier molecular flexibility index (Phi) is 4.57. The van der Waals surface area contributed by atoms with E-state index in [2.05, 4.69) is 5.32 Å². The normalized spacial score (nSPS) is 14.1. The van der Waals surface area contributed by atoms with Gasteiger partial charge >= 0.3 is 0 Å².